The SMILES string of the molecule is CCOC1CC(N)(C(=O)NCc2ccc(-c3cccc(C)c3)cc2)C1(C)C. The minimum absolute atomic E-state index is 0.0341. The zero-order valence-corrected chi connectivity index (χ0v) is 16.7. The fraction of sp³-hybridized carbons (Fsp3) is 0.435. The second-order valence-corrected chi connectivity index (χ2v) is 8.09. The fourth-order valence-electron chi connectivity index (χ4n) is 3.80. The van der Waals surface area contributed by atoms with Gasteiger partial charge in [0, 0.05) is 25.0 Å². The van der Waals surface area contributed by atoms with Gasteiger partial charge in [-0.05, 0) is 30.5 Å². The van der Waals surface area contributed by atoms with E-state index < -0.39 is 5.54 Å². The van der Waals surface area contributed by atoms with Gasteiger partial charge in [0.1, 0.15) is 5.54 Å². The van der Waals surface area contributed by atoms with Gasteiger partial charge in [-0.2, -0.15) is 0 Å². The first-order chi connectivity index (χ1) is 12.8. The van der Waals surface area contributed by atoms with Gasteiger partial charge in [-0.3, -0.25) is 4.79 Å². The van der Waals surface area contributed by atoms with Crippen molar-refractivity contribution in [3.8, 4) is 11.1 Å². The maximum Gasteiger partial charge on any atom is 0.241 e. The number of benzene rings is 2. The molecule has 2 aromatic rings. The molecule has 1 saturated carbocycles. The Morgan fingerprint density at radius 3 is 2.48 bits per heavy atom. The smallest absolute Gasteiger partial charge is 0.241 e. The van der Waals surface area contributed by atoms with Gasteiger partial charge < -0.3 is 15.8 Å². The molecule has 0 bridgehead atoms. The molecule has 3 N–H and O–H groups in total. The summed E-state index contributed by atoms with van der Waals surface area (Å²) in [6.45, 7) is 9.18. The molecule has 1 aliphatic rings. The average Bonchev–Trinajstić information content (AvgIpc) is 2.66. The lowest BCUT2D eigenvalue weighted by molar-refractivity contribution is -0.170. The van der Waals surface area contributed by atoms with Crippen molar-refractivity contribution in [1.29, 1.82) is 0 Å². The van der Waals surface area contributed by atoms with Crippen molar-refractivity contribution >= 4 is 5.91 Å². The Bertz CT molecular complexity index is 813. The number of rotatable bonds is 6. The molecule has 1 fully saturated rings. The molecule has 0 heterocycles. The van der Waals surface area contributed by atoms with Crippen LogP contribution >= 0.6 is 0 Å². The highest BCUT2D eigenvalue weighted by Crippen LogP contribution is 2.49. The van der Waals surface area contributed by atoms with Crippen molar-refractivity contribution in [2.75, 3.05) is 6.61 Å². The standard InChI is InChI=1S/C23H30N2O2/c1-5-27-20-14-23(24,22(20,3)4)21(26)25-15-17-9-11-18(12-10-17)19-8-6-7-16(2)13-19/h6-13,20H,5,14-15,24H2,1-4H3,(H,25,26). The monoisotopic (exact) mass is 366 g/mol. The molecule has 0 saturated heterocycles. The minimum atomic E-state index is -0.881. The molecule has 144 valence electrons. The van der Waals surface area contributed by atoms with E-state index in [9.17, 15) is 4.79 Å². The third-order valence-corrected chi connectivity index (χ3v) is 5.99. The Labute approximate surface area is 162 Å². The molecule has 1 aliphatic carbocycles. The molecule has 1 amide bonds. The molecule has 27 heavy (non-hydrogen) atoms. The van der Waals surface area contributed by atoms with Crippen LogP contribution in [-0.4, -0.2) is 24.2 Å². The van der Waals surface area contributed by atoms with Gasteiger partial charge in [-0.1, -0.05) is 67.9 Å². The summed E-state index contributed by atoms with van der Waals surface area (Å²) in [4.78, 5) is 12.7. The minimum Gasteiger partial charge on any atom is -0.378 e. The Balaban J connectivity index is 1.61. The molecular formula is C23H30N2O2. The lowest BCUT2D eigenvalue weighted by Crippen LogP contribution is -2.75. The molecule has 4 heteroatoms. The number of aryl methyl sites for hydroxylation is 1. The largest absolute Gasteiger partial charge is 0.378 e. The van der Waals surface area contributed by atoms with Crippen molar-refractivity contribution in [1.82, 2.24) is 5.32 Å². The maximum absolute atomic E-state index is 12.7. The molecule has 0 spiro atoms. The first kappa shape index (κ1) is 19.6. The number of hydrogen-bond donors (Lipinski definition) is 2. The summed E-state index contributed by atoms with van der Waals surface area (Å²) in [6.07, 6.45) is 0.596. The van der Waals surface area contributed by atoms with Crippen LogP contribution in [0, 0.1) is 12.3 Å². The Morgan fingerprint density at radius 2 is 1.89 bits per heavy atom. The lowest BCUT2D eigenvalue weighted by atomic mass is 9.54. The first-order valence-electron chi connectivity index (χ1n) is 9.62. The molecule has 2 aromatic carbocycles. The van der Waals surface area contributed by atoms with Gasteiger partial charge in [-0.25, -0.2) is 0 Å². The molecule has 0 radical (unpaired) electrons. The molecule has 0 aliphatic heterocycles. The third kappa shape index (κ3) is 3.64. The number of carbonyl (C=O) groups excluding carboxylic acids is 1. The molecular weight excluding hydrogens is 336 g/mol. The molecule has 3 rings (SSSR count). The summed E-state index contributed by atoms with van der Waals surface area (Å²) in [5.74, 6) is -0.105. The lowest BCUT2D eigenvalue weighted by Gasteiger charge is -2.57. The van der Waals surface area contributed by atoms with Crippen molar-refractivity contribution in [2.24, 2.45) is 11.1 Å². The number of amides is 1. The highest BCUT2D eigenvalue weighted by atomic mass is 16.5. The topological polar surface area (TPSA) is 64.3 Å². The van der Waals surface area contributed by atoms with Crippen molar-refractivity contribution in [2.45, 2.75) is 52.3 Å². The van der Waals surface area contributed by atoms with E-state index in [-0.39, 0.29) is 17.4 Å². The van der Waals surface area contributed by atoms with Gasteiger partial charge in [0.15, 0.2) is 0 Å². The van der Waals surface area contributed by atoms with Crippen LogP contribution < -0.4 is 11.1 Å². The Kier molecular flexibility index (Phi) is 5.41. The maximum atomic E-state index is 12.7. The van der Waals surface area contributed by atoms with E-state index in [1.807, 2.05) is 20.8 Å². The van der Waals surface area contributed by atoms with E-state index >= 15 is 0 Å². The van der Waals surface area contributed by atoms with Crippen molar-refractivity contribution in [3.05, 3.63) is 59.7 Å². The molecule has 4 nitrogen and oxygen atoms in total. The second kappa shape index (κ2) is 7.45. The van der Waals surface area contributed by atoms with Crippen molar-refractivity contribution in [3.63, 3.8) is 0 Å². The number of carbonyl (C=O) groups is 1. The number of nitrogens with one attached hydrogen (secondary N) is 1. The van der Waals surface area contributed by atoms with E-state index in [1.165, 1.54) is 16.7 Å². The highest BCUT2D eigenvalue weighted by Gasteiger charge is 2.62. The predicted octanol–water partition coefficient (Wildman–Crippen LogP) is 3.81. The van der Waals surface area contributed by atoms with E-state index in [1.54, 1.807) is 0 Å². The van der Waals surface area contributed by atoms with Crippen LogP contribution in [0.15, 0.2) is 48.5 Å². The van der Waals surface area contributed by atoms with Crippen LogP contribution in [0.1, 0.15) is 38.3 Å². The molecule has 2 unspecified atom stereocenters. The fourth-order valence-corrected chi connectivity index (χ4v) is 3.80. The highest BCUT2D eigenvalue weighted by molar-refractivity contribution is 5.88. The van der Waals surface area contributed by atoms with E-state index in [0.29, 0.717) is 19.6 Å². The normalized spacial score (nSPS) is 23.5. The van der Waals surface area contributed by atoms with Gasteiger partial charge in [-0.15, -0.1) is 0 Å². The summed E-state index contributed by atoms with van der Waals surface area (Å²) < 4.78 is 5.71. The van der Waals surface area contributed by atoms with Crippen LogP contribution in [0.25, 0.3) is 11.1 Å². The van der Waals surface area contributed by atoms with Crippen LogP contribution in [0.3, 0.4) is 0 Å². The van der Waals surface area contributed by atoms with Crippen molar-refractivity contribution < 1.29 is 9.53 Å². The zero-order chi connectivity index (χ0) is 19.7. The van der Waals surface area contributed by atoms with Gasteiger partial charge >= 0.3 is 0 Å². The quantitative estimate of drug-likeness (QED) is 0.817. The number of hydrogen-bond acceptors (Lipinski definition) is 3. The van der Waals surface area contributed by atoms with Crippen LogP contribution in [0.4, 0.5) is 0 Å². The summed E-state index contributed by atoms with van der Waals surface area (Å²) in [5, 5.41) is 3.01. The molecule has 2 atom stereocenters. The summed E-state index contributed by atoms with van der Waals surface area (Å²) in [7, 11) is 0. The van der Waals surface area contributed by atoms with E-state index in [4.69, 9.17) is 10.5 Å². The average molecular weight is 367 g/mol. The summed E-state index contributed by atoms with van der Waals surface area (Å²) in [6, 6.07) is 16.7. The van der Waals surface area contributed by atoms with E-state index in [0.717, 1.165) is 5.56 Å². The predicted molar refractivity (Wildman–Crippen MR) is 109 cm³/mol. The second-order valence-electron chi connectivity index (χ2n) is 8.09. The first-order valence-corrected chi connectivity index (χ1v) is 9.62. The van der Waals surface area contributed by atoms with Crippen LogP contribution in [0.5, 0.6) is 0 Å². The van der Waals surface area contributed by atoms with Gasteiger partial charge in [0.05, 0.1) is 6.10 Å². The van der Waals surface area contributed by atoms with Crippen LogP contribution in [0.2, 0.25) is 0 Å². The Hall–Kier alpha value is -2.17. The van der Waals surface area contributed by atoms with E-state index in [2.05, 4.69) is 60.8 Å². The number of ether oxygens (including phenoxy) is 1. The zero-order valence-electron chi connectivity index (χ0n) is 16.7. The van der Waals surface area contributed by atoms with Gasteiger partial charge in [0.25, 0.3) is 0 Å². The number of nitrogens with two attached hydrogens (primary N) is 1. The Morgan fingerprint density at radius 1 is 1.19 bits per heavy atom. The third-order valence-electron chi connectivity index (χ3n) is 5.99. The summed E-state index contributed by atoms with van der Waals surface area (Å²) in [5.41, 5.74) is 9.85. The summed E-state index contributed by atoms with van der Waals surface area (Å²) >= 11 is 0. The molecule has 0 aromatic heterocycles. The van der Waals surface area contributed by atoms with Crippen LogP contribution in [-0.2, 0) is 16.1 Å². The van der Waals surface area contributed by atoms with Gasteiger partial charge in [0.2, 0.25) is 5.91 Å².